The van der Waals surface area contributed by atoms with E-state index >= 15 is 0 Å². The van der Waals surface area contributed by atoms with Gasteiger partial charge in [0, 0.05) is 17.7 Å². The summed E-state index contributed by atoms with van der Waals surface area (Å²) in [7, 11) is 1.74. The summed E-state index contributed by atoms with van der Waals surface area (Å²) in [5, 5.41) is 3.07. The minimum absolute atomic E-state index is 0.0744. The van der Waals surface area contributed by atoms with Crippen LogP contribution < -0.4 is 5.32 Å². The molecule has 2 rings (SSSR count). The first-order valence-electron chi connectivity index (χ1n) is 6.68. The number of nitrogens with one attached hydrogen (secondary N) is 1. The van der Waals surface area contributed by atoms with Gasteiger partial charge in [-0.2, -0.15) is 0 Å². The van der Waals surface area contributed by atoms with E-state index in [1.807, 2.05) is 0 Å². The second kappa shape index (κ2) is 5.16. The van der Waals surface area contributed by atoms with Crippen molar-refractivity contribution in [1.82, 2.24) is 5.32 Å². The third-order valence-electron chi connectivity index (χ3n) is 4.43. The summed E-state index contributed by atoms with van der Waals surface area (Å²) in [6.07, 6.45) is 3.12. The molecule has 1 fully saturated rings. The molecule has 2 atom stereocenters. The number of rotatable bonds is 3. The molecule has 1 aliphatic rings. The molecule has 1 saturated carbocycles. The summed E-state index contributed by atoms with van der Waals surface area (Å²) in [6, 6.07) is 1.34. The van der Waals surface area contributed by atoms with E-state index in [0.717, 1.165) is 25.3 Å². The number of halogens is 3. The van der Waals surface area contributed by atoms with Crippen LogP contribution >= 0.6 is 0 Å². The molecule has 0 spiro atoms. The standard InChI is InChI=1S/C15H20F3N/c1-15(2)6-4-5-10(15)14(19-3)9-7-12(17)13(18)8-11(9)16/h7-8,10,14,19H,4-6H2,1-3H3. The second-order valence-electron chi connectivity index (χ2n) is 6.04. The van der Waals surface area contributed by atoms with Crippen LogP contribution in [0.3, 0.4) is 0 Å². The molecule has 106 valence electrons. The Morgan fingerprint density at radius 1 is 1.16 bits per heavy atom. The molecule has 0 amide bonds. The highest BCUT2D eigenvalue weighted by Crippen LogP contribution is 2.49. The Bertz CT molecular complexity index is 471. The highest BCUT2D eigenvalue weighted by Gasteiger charge is 2.40. The molecule has 2 unspecified atom stereocenters. The van der Waals surface area contributed by atoms with Crippen molar-refractivity contribution in [3.63, 3.8) is 0 Å². The maximum atomic E-state index is 13.9. The Morgan fingerprint density at radius 2 is 1.79 bits per heavy atom. The summed E-state index contributed by atoms with van der Waals surface area (Å²) in [6.45, 7) is 4.29. The molecule has 1 aromatic rings. The van der Waals surface area contributed by atoms with E-state index in [9.17, 15) is 13.2 Å². The van der Waals surface area contributed by atoms with Crippen molar-refractivity contribution in [2.24, 2.45) is 11.3 Å². The molecule has 4 heteroatoms. The van der Waals surface area contributed by atoms with Gasteiger partial charge < -0.3 is 5.32 Å². The monoisotopic (exact) mass is 271 g/mol. The van der Waals surface area contributed by atoms with Crippen molar-refractivity contribution in [2.45, 2.75) is 39.2 Å². The van der Waals surface area contributed by atoms with E-state index in [4.69, 9.17) is 0 Å². The lowest BCUT2D eigenvalue weighted by atomic mass is 9.75. The highest BCUT2D eigenvalue weighted by molar-refractivity contribution is 5.25. The van der Waals surface area contributed by atoms with Crippen LogP contribution in [0.15, 0.2) is 12.1 Å². The Balaban J connectivity index is 2.40. The fourth-order valence-corrected chi connectivity index (χ4v) is 3.32. The third kappa shape index (κ3) is 2.64. The van der Waals surface area contributed by atoms with Gasteiger partial charge in [-0.3, -0.25) is 0 Å². The number of hydrogen-bond donors (Lipinski definition) is 1. The SMILES string of the molecule is CNC(c1cc(F)c(F)cc1F)C1CCCC1(C)C. The fraction of sp³-hybridized carbons (Fsp3) is 0.600. The molecule has 0 bridgehead atoms. The minimum atomic E-state index is -1.14. The average molecular weight is 271 g/mol. The number of hydrogen-bond acceptors (Lipinski definition) is 1. The van der Waals surface area contributed by atoms with Crippen molar-refractivity contribution >= 4 is 0 Å². The first-order chi connectivity index (χ1) is 8.86. The van der Waals surface area contributed by atoms with Crippen LogP contribution in [-0.4, -0.2) is 7.05 Å². The molecule has 0 aromatic heterocycles. The van der Waals surface area contributed by atoms with Crippen molar-refractivity contribution < 1.29 is 13.2 Å². The molecule has 1 nitrogen and oxygen atoms in total. The molecular formula is C15H20F3N. The largest absolute Gasteiger partial charge is 0.313 e. The summed E-state index contributed by atoms with van der Waals surface area (Å²) in [4.78, 5) is 0. The minimum Gasteiger partial charge on any atom is -0.313 e. The zero-order valence-electron chi connectivity index (χ0n) is 11.6. The third-order valence-corrected chi connectivity index (χ3v) is 4.43. The van der Waals surface area contributed by atoms with E-state index in [-0.39, 0.29) is 22.9 Å². The van der Waals surface area contributed by atoms with Gasteiger partial charge in [0.2, 0.25) is 0 Å². The van der Waals surface area contributed by atoms with Gasteiger partial charge in [-0.1, -0.05) is 20.3 Å². The van der Waals surface area contributed by atoms with E-state index in [2.05, 4.69) is 19.2 Å². The average Bonchev–Trinajstić information content (AvgIpc) is 2.67. The van der Waals surface area contributed by atoms with Gasteiger partial charge in [-0.15, -0.1) is 0 Å². The molecular weight excluding hydrogens is 251 g/mol. The first-order valence-corrected chi connectivity index (χ1v) is 6.68. The Morgan fingerprint density at radius 3 is 2.32 bits per heavy atom. The van der Waals surface area contributed by atoms with Gasteiger partial charge in [0.15, 0.2) is 11.6 Å². The van der Waals surface area contributed by atoms with Crippen molar-refractivity contribution in [1.29, 1.82) is 0 Å². The van der Waals surface area contributed by atoms with Crippen LogP contribution in [-0.2, 0) is 0 Å². The maximum absolute atomic E-state index is 13.9. The second-order valence-corrected chi connectivity index (χ2v) is 6.04. The lowest BCUT2D eigenvalue weighted by Gasteiger charge is -2.34. The molecule has 1 N–H and O–H groups in total. The van der Waals surface area contributed by atoms with Gasteiger partial charge in [0.1, 0.15) is 5.82 Å². The van der Waals surface area contributed by atoms with Gasteiger partial charge in [-0.25, -0.2) is 13.2 Å². The Kier molecular flexibility index (Phi) is 3.90. The zero-order valence-corrected chi connectivity index (χ0v) is 11.6. The molecule has 0 radical (unpaired) electrons. The van der Waals surface area contributed by atoms with E-state index in [0.29, 0.717) is 6.07 Å². The predicted molar refractivity (Wildman–Crippen MR) is 69.2 cm³/mol. The summed E-state index contributed by atoms with van der Waals surface area (Å²) >= 11 is 0. The van der Waals surface area contributed by atoms with Crippen molar-refractivity contribution in [3.8, 4) is 0 Å². The maximum Gasteiger partial charge on any atom is 0.161 e. The lowest BCUT2D eigenvalue weighted by Crippen LogP contribution is -2.32. The number of benzene rings is 1. The Hall–Kier alpha value is -1.03. The summed E-state index contributed by atoms with van der Waals surface area (Å²) in [5.74, 6) is -2.59. The van der Waals surface area contributed by atoms with Crippen LogP contribution in [0.2, 0.25) is 0 Å². The van der Waals surface area contributed by atoms with Crippen LogP contribution in [0.5, 0.6) is 0 Å². The van der Waals surface area contributed by atoms with Gasteiger partial charge in [0.05, 0.1) is 0 Å². The van der Waals surface area contributed by atoms with Crippen LogP contribution in [0, 0.1) is 28.8 Å². The van der Waals surface area contributed by atoms with Gasteiger partial charge in [-0.05, 0) is 37.3 Å². The Labute approximate surface area is 112 Å². The quantitative estimate of drug-likeness (QED) is 0.813. The molecule has 0 aliphatic heterocycles. The smallest absolute Gasteiger partial charge is 0.161 e. The molecule has 1 aliphatic carbocycles. The van der Waals surface area contributed by atoms with E-state index in [1.165, 1.54) is 0 Å². The van der Waals surface area contributed by atoms with Crippen LogP contribution in [0.4, 0.5) is 13.2 Å². The van der Waals surface area contributed by atoms with Gasteiger partial charge >= 0.3 is 0 Å². The predicted octanol–water partition coefficient (Wildman–Crippen LogP) is 4.19. The zero-order chi connectivity index (χ0) is 14.2. The van der Waals surface area contributed by atoms with Crippen LogP contribution in [0.1, 0.15) is 44.7 Å². The topological polar surface area (TPSA) is 12.0 Å². The van der Waals surface area contributed by atoms with Gasteiger partial charge in [0.25, 0.3) is 0 Å². The molecule has 1 aromatic carbocycles. The highest BCUT2D eigenvalue weighted by atomic mass is 19.2. The molecule has 19 heavy (non-hydrogen) atoms. The van der Waals surface area contributed by atoms with Crippen LogP contribution in [0.25, 0.3) is 0 Å². The van der Waals surface area contributed by atoms with E-state index < -0.39 is 17.5 Å². The summed E-state index contributed by atoms with van der Waals surface area (Å²) < 4.78 is 40.3. The molecule has 0 saturated heterocycles. The first kappa shape index (κ1) is 14.4. The summed E-state index contributed by atoms with van der Waals surface area (Å²) in [5.41, 5.74) is 0.298. The van der Waals surface area contributed by atoms with Crippen molar-refractivity contribution in [2.75, 3.05) is 7.05 Å². The fourth-order valence-electron chi connectivity index (χ4n) is 3.32. The molecule has 0 heterocycles. The van der Waals surface area contributed by atoms with Crippen molar-refractivity contribution in [3.05, 3.63) is 35.1 Å². The lowest BCUT2D eigenvalue weighted by molar-refractivity contribution is 0.200. The van der Waals surface area contributed by atoms with E-state index in [1.54, 1.807) is 7.05 Å². The normalized spacial score (nSPS) is 23.6.